The van der Waals surface area contributed by atoms with E-state index in [0.717, 1.165) is 0 Å². The van der Waals surface area contributed by atoms with Crippen LogP contribution in [0.4, 0.5) is 13.2 Å². The third-order valence-corrected chi connectivity index (χ3v) is 3.51. The Morgan fingerprint density at radius 3 is 2.39 bits per heavy atom. The highest BCUT2D eigenvalue weighted by molar-refractivity contribution is 5.97. The summed E-state index contributed by atoms with van der Waals surface area (Å²) in [6, 6.07) is 3.32. The predicted molar refractivity (Wildman–Crippen MR) is 60.1 cm³/mol. The average Bonchev–Trinajstić information content (AvgIpc) is 2.38. The van der Waals surface area contributed by atoms with Crippen LogP contribution in [0.5, 0.6) is 0 Å². The van der Waals surface area contributed by atoms with Crippen LogP contribution in [0.3, 0.4) is 0 Å². The van der Waals surface area contributed by atoms with E-state index in [1.807, 2.05) is 0 Å². The van der Waals surface area contributed by atoms with Crippen molar-refractivity contribution in [1.29, 1.82) is 0 Å². The fourth-order valence-corrected chi connectivity index (χ4v) is 2.43. The lowest BCUT2D eigenvalue weighted by Crippen LogP contribution is -2.30. The summed E-state index contributed by atoms with van der Waals surface area (Å²) in [7, 11) is 0. The zero-order chi connectivity index (χ0) is 13.2. The van der Waals surface area contributed by atoms with E-state index in [4.69, 9.17) is 0 Å². The van der Waals surface area contributed by atoms with Crippen LogP contribution in [0.15, 0.2) is 24.5 Å². The third kappa shape index (κ3) is 2.89. The molecule has 0 aromatic carbocycles. The number of pyridine rings is 1. The van der Waals surface area contributed by atoms with Crippen molar-refractivity contribution in [3.05, 3.63) is 30.1 Å². The van der Waals surface area contributed by atoms with Crippen molar-refractivity contribution in [3.63, 3.8) is 0 Å². The van der Waals surface area contributed by atoms with Gasteiger partial charge in [0.05, 0.1) is 5.92 Å². The number of carbonyl (C=O) groups excluding carboxylic acids is 1. The molecule has 0 unspecified atom stereocenters. The Hall–Kier alpha value is -1.39. The van der Waals surface area contributed by atoms with Gasteiger partial charge in [-0.25, -0.2) is 0 Å². The molecular formula is C13H14F3NO. The topological polar surface area (TPSA) is 30.0 Å². The molecule has 0 bridgehead atoms. The molecule has 0 atom stereocenters. The Bertz CT molecular complexity index is 408. The molecule has 0 saturated heterocycles. The van der Waals surface area contributed by atoms with Gasteiger partial charge in [0.15, 0.2) is 5.78 Å². The Morgan fingerprint density at radius 2 is 1.89 bits per heavy atom. The number of alkyl halides is 3. The molecule has 98 valence electrons. The van der Waals surface area contributed by atoms with E-state index in [9.17, 15) is 18.0 Å². The summed E-state index contributed by atoms with van der Waals surface area (Å²) >= 11 is 0. The number of nitrogens with zero attached hydrogens (tertiary/aromatic N) is 1. The molecule has 0 aliphatic heterocycles. The number of hydrogen-bond donors (Lipinski definition) is 0. The Labute approximate surface area is 103 Å². The summed E-state index contributed by atoms with van der Waals surface area (Å²) in [6.45, 7) is 0. The first-order chi connectivity index (χ1) is 8.48. The van der Waals surface area contributed by atoms with Gasteiger partial charge in [0, 0.05) is 23.9 Å². The molecule has 2 nitrogen and oxygen atoms in total. The summed E-state index contributed by atoms with van der Waals surface area (Å²) < 4.78 is 37.5. The van der Waals surface area contributed by atoms with Gasteiger partial charge in [-0.05, 0) is 37.8 Å². The van der Waals surface area contributed by atoms with E-state index < -0.39 is 12.1 Å². The molecule has 0 spiro atoms. The maximum atomic E-state index is 12.5. The van der Waals surface area contributed by atoms with Gasteiger partial charge < -0.3 is 0 Å². The summed E-state index contributed by atoms with van der Waals surface area (Å²) in [6.07, 6.45) is -0.339. The lowest BCUT2D eigenvalue weighted by atomic mass is 9.78. The molecule has 1 aliphatic carbocycles. The second-order valence-electron chi connectivity index (χ2n) is 4.70. The molecule has 2 rings (SSSR count). The van der Waals surface area contributed by atoms with E-state index in [-0.39, 0.29) is 24.5 Å². The summed E-state index contributed by atoms with van der Waals surface area (Å²) in [5.74, 6) is -1.60. The molecule has 0 radical (unpaired) electrons. The first-order valence-electron chi connectivity index (χ1n) is 5.99. The minimum absolute atomic E-state index is 0.0557. The van der Waals surface area contributed by atoms with Crippen LogP contribution < -0.4 is 0 Å². The molecule has 0 amide bonds. The zero-order valence-corrected chi connectivity index (χ0v) is 9.78. The van der Waals surface area contributed by atoms with Gasteiger partial charge in [0.2, 0.25) is 0 Å². The number of aromatic nitrogens is 1. The highest BCUT2D eigenvalue weighted by Gasteiger charge is 2.42. The van der Waals surface area contributed by atoms with Gasteiger partial charge in [0.25, 0.3) is 0 Å². The zero-order valence-electron chi connectivity index (χ0n) is 9.78. The maximum absolute atomic E-state index is 12.5. The fourth-order valence-electron chi connectivity index (χ4n) is 2.43. The van der Waals surface area contributed by atoms with Crippen LogP contribution in [0.25, 0.3) is 0 Å². The van der Waals surface area contributed by atoms with Gasteiger partial charge in [0.1, 0.15) is 0 Å². The van der Waals surface area contributed by atoms with Crippen LogP contribution in [0.2, 0.25) is 0 Å². The molecule has 5 heteroatoms. The first-order valence-corrected chi connectivity index (χ1v) is 5.99. The summed E-state index contributed by atoms with van der Waals surface area (Å²) in [5, 5.41) is 0. The van der Waals surface area contributed by atoms with E-state index in [2.05, 4.69) is 4.98 Å². The van der Waals surface area contributed by atoms with Gasteiger partial charge in [-0.3, -0.25) is 9.78 Å². The minimum atomic E-state index is -4.12. The second-order valence-corrected chi connectivity index (χ2v) is 4.70. The van der Waals surface area contributed by atoms with Crippen LogP contribution in [0, 0.1) is 11.8 Å². The molecule has 1 aliphatic rings. The van der Waals surface area contributed by atoms with E-state index >= 15 is 0 Å². The number of carbonyl (C=O) groups is 1. The normalized spacial score (nSPS) is 24.8. The number of halogens is 3. The van der Waals surface area contributed by atoms with Crippen molar-refractivity contribution >= 4 is 5.78 Å². The van der Waals surface area contributed by atoms with Crippen molar-refractivity contribution < 1.29 is 18.0 Å². The number of rotatable bonds is 2. The maximum Gasteiger partial charge on any atom is 0.391 e. The van der Waals surface area contributed by atoms with E-state index in [0.29, 0.717) is 18.4 Å². The van der Waals surface area contributed by atoms with Gasteiger partial charge in [-0.15, -0.1) is 0 Å². The monoisotopic (exact) mass is 257 g/mol. The average molecular weight is 257 g/mol. The molecule has 1 aromatic heterocycles. The molecule has 1 fully saturated rings. The van der Waals surface area contributed by atoms with Gasteiger partial charge in [-0.2, -0.15) is 13.2 Å². The SMILES string of the molecule is O=C(c1cccnc1)C1CCC(C(F)(F)F)CC1. The quantitative estimate of drug-likeness (QED) is 0.757. The van der Waals surface area contributed by atoms with Gasteiger partial charge >= 0.3 is 6.18 Å². The van der Waals surface area contributed by atoms with Crippen LogP contribution >= 0.6 is 0 Å². The molecule has 0 N–H and O–H groups in total. The highest BCUT2D eigenvalue weighted by Crippen LogP contribution is 2.40. The smallest absolute Gasteiger partial charge is 0.294 e. The number of ketones is 1. The summed E-state index contributed by atoms with van der Waals surface area (Å²) in [4.78, 5) is 15.9. The van der Waals surface area contributed by atoms with Crippen LogP contribution in [-0.2, 0) is 0 Å². The van der Waals surface area contributed by atoms with Crippen molar-refractivity contribution in [2.24, 2.45) is 11.8 Å². The molecule has 18 heavy (non-hydrogen) atoms. The van der Waals surface area contributed by atoms with Crippen LogP contribution in [0.1, 0.15) is 36.0 Å². The first kappa shape index (κ1) is 13.1. The number of hydrogen-bond acceptors (Lipinski definition) is 2. The van der Waals surface area contributed by atoms with E-state index in [1.54, 1.807) is 18.3 Å². The lowest BCUT2D eigenvalue weighted by Gasteiger charge is -2.28. The van der Waals surface area contributed by atoms with Crippen LogP contribution in [-0.4, -0.2) is 16.9 Å². The predicted octanol–water partition coefficient (Wildman–Crippen LogP) is 3.63. The Morgan fingerprint density at radius 1 is 1.22 bits per heavy atom. The van der Waals surface area contributed by atoms with Gasteiger partial charge in [-0.1, -0.05) is 0 Å². The molecule has 1 saturated carbocycles. The molecule has 1 aromatic rings. The Kier molecular flexibility index (Phi) is 3.68. The van der Waals surface area contributed by atoms with Crippen molar-refractivity contribution in [3.8, 4) is 0 Å². The molecular weight excluding hydrogens is 243 g/mol. The lowest BCUT2D eigenvalue weighted by molar-refractivity contribution is -0.183. The Balaban J connectivity index is 1.96. The largest absolute Gasteiger partial charge is 0.391 e. The second kappa shape index (κ2) is 5.08. The standard InChI is InChI=1S/C13H14F3NO/c14-13(15,16)11-5-3-9(4-6-11)12(18)10-2-1-7-17-8-10/h1-2,7-9,11H,3-6H2. The van der Waals surface area contributed by atoms with Crippen molar-refractivity contribution in [2.75, 3.05) is 0 Å². The van der Waals surface area contributed by atoms with E-state index in [1.165, 1.54) is 6.20 Å². The fraction of sp³-hybridized carbons (Fsp3) is 0.538. The van der Waals surface area contributed by atoms with Crippen molar-refractivity contribution in [1.82, 2.24) is 4.98 Å². The summed E-state index contributed by atoms with van der Waals surface area (Å²) in [5.41, 5.74) is 0.493. The highest BCUT2D eigenvalue weighted by atomic mass is 19.4. The number of Topliss-reactive ketones (excluding diaryl/α,β-unsaturated/α-hetero) is 1. The van der Waals surface area contributed by atoms with Crippen molar-refractivity contribution in [2.45, 2.75) is 31.9 Å². The molecule has 1 heterocycles. The minimum Gasteiger partial charge on any atom is -0.294 e. The third-order valence-electron chi connectivity index (χ3n) is 3.51.